The molecule has 5 heteroatoms. The summed E-state index contributed by atoms with van der Waals surface area (Å²) in [6.07, 6.45) is 0.361. The Kier molecular flexibility index (Phi) is 5.22. The third-order valence-electron chi connectivity index (χ3n) is 3.77. The molecule has 0 aliphatic carbocycles. The van der Waals surface area contributed by atoms with E-state index >= 15 is 0 Å². The summed E-state index contributed by atoms with van der Waals surface area (Å²) in [6, 6.07) is 7.96. The fourth-order valence-electron chi connectivity index (χ4n) is 2.38. The van der Waals surface area contributed by atoms with Crippen LogP contribution in [-0.4, -0.2) is 56.1 Å². The van der Waals surface area contributed by atoms with Crippen LogP contribution in [0.3, 0.4) is 0 Å². The smallest absolute Gasteiger partial charge is 0.0670 e. The average Bonchev–Trinajstić information content (AvgIpc) is 2.45. The zero-order chi connectivity index (χ0) is 14.4. The predicted octanol–water partition coefficient (Wildman–Crippen LogP) is 0.994. The molecule has 1 aliphatic heterocycles. The van der Waals surface area contributed by atoms with Crippen LogP contribution in [0.1, 0.15) is 5.56 Å². The summed E-state index contributed by atoms with van der Waals surface area (Å²) >= 11 is 0. The Morgan fingerprint density at radius 2 is 2.05 bits per heavy atom. The van der Waals surface area contributed by atoms with Gasteiger partial charge in [0.2, 0.25) is 0 Å². The molecule has 1 aromatic rings. The molecule has 20 heavy (non-hydrogen) atoms. The van der Waals surface area contributed by atoms with E-state index in [4.69, 9.17) is 11.0 Å². The van der Waals surface area contributed by atoms with Crippen LogP contribution in [0.15, 0.2) is 18.2 Å². The van der Waals surface area contributed by atoms with Crippen molar-refractivity contribution in [2.75, 3.05) is 57.4 Å². The Balaban J connectivity index is 1.79. The number of hydrogen-bond donors (Lipinski definition) is 2. The van der Waals surface area contributed by atoms with Gasteiger partial charge < -0.3 is 16.0 Å². The van der Waals surface area contributed by atoms with Crippen LogP contribution < -0.4 is 11.1 Å². The molecule has 0 aromatic heterocycles. The Hall–Kier alpha value is -1.77. The molecule has 0 spiro atoms. The van der Waals surface area contributed by atoms with Crippen LogP contribution >= 0.6 is 0 Å². The normalized spacial score (nSPS) is 16.8. The standard InChI is InChI=1S/C15H23N5/c1-19-8-10-20(11-9-19)7-6-18-14-2-3-15(17)13(12-14)4-5-16/h2-3,12,18H,4,6-11,17H2,1H3. The van der Waals surface area contributed by atoms with Crippen molar-refractivity contribution < 1.29 is 0 Å². The number of nitrogens with zero attached hydrogens (tertiary/aromatic N) is 3. The van der Waals surface area contributed by atoms with Gasteiger partial charge in [-0.25, -0.2) is 0 Å². The van der Waals surface area contributed by atoms with Gasteiger partial charge >= 0.3 is 0 Å². The number of hydrogen-bond acceptors (Lipinski definition) is 5. The first kappa shape index (κ1) is 14.6. The number of nitrogens with two attached hydrogens (primary N) is 1. The zero-order valence-electron chi connectivity index (χ0n) is 12.1. The highest BCUT2D eigenvalue weighted by Crippen LogP contribution is 2.18. The Morgan fingerprint density at radius 3 is 2.75 bits per heavy atom. The molecule has 2 rings (SSSR count). The summed E-state index contributed by atoms with van der Waals surface area (Å²) in [4.78, 5) is 4.83. The minimum atomic E-state index is 0.361. The van der Waals surface area contributed by atoms with Gasteiger partial charge in [-0.1, -0.05) is 0 Å². The lowest BCUT2D eigenvalue weighted by molar-refractivity contribution is 0.158. The van der Waals surface area contributed by atoms with E-state index in [9.17, 15) is 0 Å². The number of nitrogen functional groups attached to an aromatic ring is 1. The molecular formula is C15H23N5. The van der Waals surface area contributed by atoms with Gasteiger partial charge in [0.1, 0.15) is 0 Å². The highest BCUT2D eigenvalue weighted by atomic mass is 15.2. The van der Waals surface area contributed by atoms with Crippen molar-refractivity contribution in [3.8, 4) is 6.07 Å². The van der Waals surface area contributed by atoms with Crippen LogP contribution in [-0.2, 0) is 6.42 Å². The van der Waals surface area contributed by atoms with Gasteiger partial charge in [0, 0.05) is 50.6 Å². The van der Waals surface area contributed by atoms with Crippen molar-refractivity contribution >= 4 is 11.4 Å². The maximum Gasteiger partial charge on any atom is 0.0670 e. The van der Waals surface area contributed by atoms with Crippen LogP contribution in [0.2, 0.25) is 0 Å². The quantitative estimate of drug-likeness (QED) is 0.783. The first-order valence-corrected chi connectivity index (χ1v) is 7.09. The molecular weight excluding hydrogens is 250 g/mol. The maximum absolute atomic E-state index is 8.77. The van der Waals surface area contributed by atoms with Crippen LogP contribution in [0.4, 0.5) is 11.4 Å². The molecule has 1 fully saturated rings. The summed E-state index contributed by atoms with van der Waals surface area (Å²) in [5.41, 5.74) is 8.47. The largest absolute Gasteiger partial charge is 0.398 e. The summed E-state index contributed by atoms with van der Waals surface area (Å²) in [7, 11) is 2.17. The van der Waals surface area contributed by atoms with Crippen molar-refractivity contribution in [3.63, 3.8) is 0 Å². The Morgan fingerprint density at radius 1 is 1.30 bits per heavy atom. The summed E-state index contributed by atoms with van der Waals surface area (Å²) in [6.45, 7) is 6.53. The molecule has 1 saturated heterocycles. The molecule has 0 saturated carbocycles. The first-order valence-electron chi connectivity index (χ1n) is 7.09. The molecule has 0 unspecified atom stereocenters. The summed E-state index contributed by atoms with van der Waals surface area (Å²) in [5.74, 6) is 0. The minimum Gasteiger partial charge on any atom is -0.398 e. The monoisotopic (exact) mass is 273 g/mol. The molecule has 108 valence electrons. The van der Waals surface area contributed by atoms with Crippen LogP contribution in [0.5, 0.6) is 0 Å². The highest BCUT2D eigenvalue weighted by Gasteiger charge is 2.12. The molecule has 0 amide bonds. The number of rotatable bonds is 5. The van der Waals surface area contributed by atoms with Gasteiger partial charge in [-0.05, 0) is 30.8 Å². The van der Waals surface area contributed by atoms with E-state index < -0.39 is 0 Å². The fourth-order valence-corrected chi connectivity index (χ4v) is 2.38. The van der Waals surface area contributed by atoms with Crippen LogP contribution in [0.25, 0.3) is 0 Å². The molecule has 5 nitrogen and oxygen atoms in total. The van der Waals surface area contributed by atoms with E-state index in [2.05, 4.69) is 28.2 Å². The SMILES string of the molecule is CN1CCN(CCNc2ccc(N)c(CC#N)c2)CC1. The van der Waals surface area contributed by atoms with E-state index in [1.807, 2.05) is 18.2 Å². The van der Waals surface area contributed by atoms with E-state index in [0.717, 1.165) is 50.5 Å². The molecule has 0 bridgehead atoms. The second-order valence-electron chi connectivity index (χ2n) is 5.32. The molecule has 0 atom stereocenters. The number of nitriles is 1. The highest BCUT2D eigenvalue weighted by molar-refractivity contribution is 5.58. The number of nitrogens with one attached hydrogen (secondary N) is 1. The van der Waals surface area contributed by atoms with Crippen molar-refractivity contribution in [1.29, 1.82) is 5.26 Å². The van der Waals surface area contributed by atoms with Crippen molar-refractivity contribution in [2.45, 2.75) is 6.42 Å². The van der Waals surface area contributed by atoms with Gasteiger partial charge in [0.25, 0.3) is 0 Å². The van der Waals surface area contributed by atoms with Crippen molar-refractivity contribution in [2.24, 2.45) is 0 Å². The topological polar surface area (TPSA) is 68.3 Å². The molecule has 3 N–H and O–H groups in total. The van der Waals surface area contributed by atoms with Gasteiger partial charge in [0.15, 0.2) is 0 Å². The number of anilines is 2. The number of benzene rings is 1. The Labute approximate surface area is 121 Å². The zero-order valence-corrected chi connectivity index (χ0v) is 12.1. The lowest BCUT2D eigenvalue weighted by atomic mass is 10.1. The van der Waals surface area contributed by atoms with Gasteiger partial charge in [-0.15, -0.1) is 0 Å². The minimum absolute atomic E-state index is 0.361. The van der Waals surface area contributed by atoms with Crippen molar-refractivity contribution in [3.05, 3.63) is 23.8 Å². The molecule has 0 radical (unpaired) electrons. The lowest BCUT2D eigenvalue weighted by Gasteiger charge is -2.32. The maximum atomic E-state index is 8.77. The summed E-state index contributed by atoms with van der Waals surface area (Å²) in [5, 5.41) is 12.2. The second-order valence-corrected chi connectivity index (χ2v) is 5.32. The first-order chi connectivity index (χ1) is 9.69. The summed E-state index contributed by atoms with van der Waals surface area (Å²) < 4.78 is 0. The fraction of sp³-hybridized carbons (Fsp3) is 0.533. The van der Waals surface area contributed by atoms with Gasteiger partial charge in [0.05, 0.1) is 12.5 Å². The molecule has 1 heterocycles. The van der Waals surface area contributed by atoms with Gasteiger partial charge in [-0.2, -0.15) is 5.26 Å². The molecule has 1 aromatic carbocycles. The average molecular weight is 273 g/mol. The second kappa shape index (κ2) is 7.13. The van der Waals surface area contributed by atoms with Crippen LogP contribution in [0, 0.1) is 11.3 Å². The van der Waals surface area contributed by atoms with Gasteiger partial charge in [-0.3, -0.25) is 4.90 Å². The van der Waals surface area contributed by atoms with E-state index in [0.29, 0.717) is 12.1 Å². The molecule has 1 aliphatic rings. The number of likely N-dealkylation sites (N-methyl/N-ethyl adjacent to an activating group) is 1. The number of piperazine rings is 1. The predicted molar refractivity (Wildman–Crippen MR) is 82.6 cm³/mol. The third-order valence-corrected chi connectivity index (χ3v) is 3.77. The Bertz CT molecular complexity index is 472. The third kappa shape index (κ3) is 4.12. The van der Waals surface area contributed by atoms with E-state index in [-0.39, 0.29) is 0 Å². The van der Waals surface area contributed by atoms with Crippen molar-refractivity contribution in [1.82, 2.24) is 9.80 Å². The van der Waals surface area contributed by atoms with E-state index in [1.54, 1.807) is 0 Å². The lowest BCUT2D eigenvalue weighted by Crippen LogP contribution is -2.45. The van der Waals surface area contributed by atoms with E-state index in [1.165, 1.54) is 0 Å².